The molecule has 6 heteroatoms. The van der Waals surface area contributed by atoms with E-state index in [-0.39, 0.29) is 16.9 Å². The molecule has 2 heterocycles. The monoisotopic (exact) mass is 325 g/mol. The summed E-state index contributed by atoms with van der Waals surface area (Å²) in [5.41, 5.74) is 0.226. The number of hydrogen-bond donors (Lipinski definition) is 1. The molecule has 0 aliphatic carbocycles. The lowest BCUT2D eigenvalue weighted by Gasteiger charge is -2.21. The van der Waals surface area contributed by atoms with Crippen molar-refractivity contribution >= 4 is 16.9 Å². The minimum absolute atomic E-state index is 0.0522. The van der Waals surface area contributed by atoms with Crippen LogP contribution in [0, 0.1) is 0 Å². The number of aromatic nitrogens is 2. The molecule has 0 saturated carbocycles. The maximum Gasteiger partial charge on any atom is 0.261 e. The number of carbonyl (C=O) groups excluding carboxylic acids is 1. The first-order valence-electron chi connectivity index (χ1n) is 7.98. The Kier molecular flexibility index (Phi) is 4.74. The predicted octanol–water partition coefficient (Wildman–Crippen LogP) is 2.96. The van der Waals surface area contributed by atoms with E-state index in [2.05, 4.69) is 16.9 Å². The number of H-pyrrole nitrogens is 1. The van der Waals surface area contributed by atoms with Gasteiger partial charge < -0.3 is 14.3 Å². The van der Waals surface area contributed by atoms with Gasteiger partial charge in [-0.15, -0.1) is 0 Å². The number of fused-ring (bicyclic) bond motifs is 1. The summed E-state index contributed by atoms with van der Waals surface area (Å²) >= 11 is 0. The highest BCUT2D eigenvalue weighted by Crippen LogP contribution is 2.13. The molecule has 0 aliphatic rings. The van der Waals surface area contributed by atoms with Crippen molar-refractivity contribution in [3.8, 4) is 0 Å². The number of carbonyl (C=O) groups is 1. The molecule has 0 saturated heterocycles. The molecule has 0 spiro atoms. The maximum absolute atomic E-state index is 12.9. The molecule has 6 nitrogen and oxygen atoms in total. The Morgan fingerprint density at radius 3 is 2.92 bits per heavy atom. The zero-order chi connectivity index (χ0) is 16.9. The van der Waals surface area contributed by atoms with Gasteiger partial charge in [0, 0.05) is 18.9 Å². The Morgan fingerprint density at radius 1 is 1.33 bits per heavy atom. The zero-order valence-corrected chi connectivity index (χ0v) is 13.5. The second-order valence-electron chi connectivity index (χ2n) is 5.59. The van der Waals surface area contributed by atoms with E-state index in [1.54, 1.807) is 41.6 Å². The largest absolute Gasteiger partial charge is 0.463 e. The maximum atomic E-state index is 12.9. The van der Waals surface area contributed by atoms with Gasteiger partial charge in [0.2, 0.25) is 5.43 Å². The van der Waals surface area contributed by atoms with Crippen LogP contribution >= 0.6 is 0 Å². The third-order valence-corrected chi connectivity index (χ3v) is 3.87. The minimum atomic E-state index is -0.334. The third-order valence-electron chi connectivity index (χ3n) is 3.87. The molecule has 24 heavy (non-hydrogen) atoms. The van der Waals surface area contributed by atoms with Crippen molar-refractivity contribution < 1.29 is 9.21 Å². The first kappa shape index (κ1) is 16.0. The Morgan fingerprint density at radius 2 is 2.17 bits per heavy atom. The van der Waals surface area contributed by atoms with Crippen molar-refractivity contribution in [3.63, 3.8) is 0 Å². The third kappa shape index (κ3) is 3.22. The number of nitrogens with zero attached hydrogens (tertiary/aromatic N) is 2. The summed E-state index contributed by atoms with van der Waals surface area (Å²) in [4.78, 5) is 34.3. The van der Waals surface area contributed by atoms with E-state index in [0.717, 1.165) is 12.8 Å². The molecule has 0 atom stereocenters. The predicted molar refractivity (Wildman–Crippen MR) is 90.7 cm³/mol. The Labute approximate surface area is 139 Å². The molecular weight excluding hydrogens is 306 g/mol. The van der Waals surface area contributed by atoms with E-state index in [0.29, 0.717) is 29.9 Å². The molecule has 2 aromatic heterocycles. The van der Waals surface area contributed by atoms with Crippen LogP contribution in [-0.2, 0) is 6.54 Å². The van der Waals surface area contributed by atoms with Crippen molar-refractivity contribution in [2.75, 3.05) is 6.54 Å². The minimum Gasteiger partial charge on any atom is -0.463 e. The number of imidazole rings is 1. The van der Waals surface area contributed by atoms with Gasteiger partial charge in [0.05, 0.1) is 11.9 Å². The Balaban J connectivity index is 1.94. The van der Waals surface area contributed by atoms with Gasteiger partial charge in [-0.3, -0.25) is 9.59 Å². The average Bonchev–Trinajstić information content (AvgIpc) is 3.12. The summed E-state index contributed by atoms with van der Waals surface area (Å²) in [6.07, 6.45) is 6.41. The summed E-state index contributed by atoms with van der Waals surface area (Å²) in [7, 11) is 0. The smallest absolute Gasteiger partial charge is 0.261 e. The van der Waals surface area contributed by atoms with Gasteiger partial charge >= 0.3 is 0 Å². The molecule has 1 amide bonds. The molecule has 1 aromatic carbocycles. The fourth-order valence-corrected chi connectivity index (χ4v) is 2.56. The Hall–Kier alpha value is -2.89. The normalized spacial score (nSPS) is 10.9. The summed E-state index contributed by atoms with van der Waals surface area (Å²) in [6.45, 7) is 2.94. The van der Waals surface area contributed by atoms with Gasteiger partial charge in [-0.05, 0) is 18.6 Å². The number of nitrogens with one attached hydrogen (secondary N) is 1. The van der Waals surface area contributed by atoms with Gasteiger partial charge in [0.15, 0.2) is 0 Å². The Bertz CT molecular complexity index is 884. The van der Waals surface area contributed by atoms with E-state index in [1.165, 1.54) is 6.26 Å². The van der Waals surface area contributed by atoms with Crippen molar-refractivity contribution in [1.82, 2.24) is 14.9 Å². The van der Waals surface area contributed by atoms with Crippen molar-refractivity contribution in [2.45, 2.75) is 26.3 Å². The summed E-state index contributed by atoms with van der Waals surface area (Å²) in [5, 5.41) is 0.414. The van der Waals surface area contributed by atoms with E-state index in [4.69, 9.17) is 4.42 Å². The number of unbranched alkanes of at least 4 members (excludes halogenated alkanes) is 1. The highest BCUT2D eigenvalue weighted by Gasteiger charge is 2.21. The van der Waals surface area contributed by atoms with Crippen molar-refractivity contribution in [2.24, 2.45) is 0 Å². The van der Waals surface area contributed by atoms with Crippen LogP contribution in [0.3, 0.4) is 0 Å². The number of hydrogen-bond acceptors (Lipinski definition) is 4. The first-order chi connectivity index (χ1) is 11.7. The quantitative estimate of drug-likeness (QED) is 0.755. The summed E-state index contributed by atoms with van der Waals surface area (Å²) in [5.74, 6) is 0.351. The van der Waals surface area contributed by atoms with Crippen LogP contribution in [0.2, 0.25) is 0 Å². The highest BCUT2D eigenvalue weighted by atomic mass is 16.3. The lowest BCUT2D eigenvalue weighted by molar-refractivity contribution is 0.0733. The fourth-order valence-electron chi connectivity index (χ4n) is 2.56. The highest BCUT2D eigenvalue weighted by molar-refractivity contribution is 5.96. The van der Waals surface area contributed by atoms with Gasteiger partial charge in [0.25, 0.3) is 5.91 Å². The van der Waals surface area contributed by atoms with Gasteiger partial charge in [0.1, 0.15) is 23.2 Å². The topological polar surface area (TPSA) is 79.2 Å². The van der Waals surface area contributed by atoms with Gasteiger partial charge in [-0.2, -0.15) is 0 Å². The number of rotatable bonds is 6. The number of para-hydroxylation sites is 1. The first-order valence-corrected chi connectivity index (χ1v) is 7.98. The van der Waals surface area contributed by atoms with Crippen LogP contribution in [0.25, 0.3) is 11.0 Å². The molecular formula is C18H19N3O3. The lowest BCUT2D eigenvalue weighted by atomic mass is 10.1. The van der Waals surface area contributed by atoms with E-state index >= 15 is 0 Å². The molecule has 0 bridgehead atoms. The van der Waals surface area contributed by atoms with E-state index < -0.39 is 0 Å². The van der Waals surface area contributed by atoms with Crippen LogP contribution < -0.4 is 5.43 Å². The lowest BCUT2D eigenvalue weighted by Crippen LogP contribution is -2.35. The zero-order valence-electron chi connectivity index (χ0n) is 13.5. The standard InChI is InChI=1S/C18H19N3O3/c1-2-3-10-21(11-16-19-8-9-20-16)18(23)14-12-24-15-7-5-4-6-13(15)17(14)22/h4-9,12H,2-3,10-11H2,1H3,(H,19,20). The second kappa shape index (κ2) is 7.12. The van der Waals surface area contributed by atoms with E-state index in [9.17, 15) is 9.59 Å². The van der Waals surface area contributed by atoms with Crippen LogP contribution in [0.4, 0.5) is 0 Å². The SMILES string of the molecule is CCCCN(Cc1ncc[nH]1)C(=O)c1coc2ccccc2c1=O. The van der Waals surface area contributed by atoms with Crippen LogP contribution in [0.15, 0.2) is 52.1 Å². The van der Waals surface area contributed by atoms with Crippen LogP contribution in [0.1, 0.15) is 35.9 Å². The van der Waals surface area contributed by atoms with Crippen LogP contribution in [-0.4, -0.2) is 27.3 Å². The average molecular weight is 325 g/mol. The van der Waals surface area contributed by atoms with E-state index in [1.807, 2.05) is 0 Å². The number of benzene rings is 1. The van der Waals surface area contributed by atoms with Crippen molar-refractivity contribution in [1.29, 1.82) is 0 Å². The molecule has 0 fully saturated rings. The molecule has 0 radical (unpaired) electrons. The fraction of sp³-hybridized carbons (Fsp3) is 0.278. The summed E-state index contributed by atoms with van der Waals surface area (Å²) < 4.78 is 5.46. The van der Waals surface area contributed by atoms with Gasteiger partial charge in [-0.1, -0.05) is 25.5 Å². The number of aromatic amines is 1. The number of amides is 1. The molecule has 0 aliphatic heterocycles. The summed E-state index contributed by atoms with van der Waals surface area (Å²) in [6, 6.07) is 6.92. The second-order valence-corrected chi connectivity index (χ2v) is 5.59. The molecule has 3 aromatic rings. The van der Waals surface area contributed by atoms with Gasteiger partial charge in [-0.25, -0.2) is 4.98 Å². The molecule has 1 N–H and O–H groups in total. The van der Waals surface area contributed by atoms with Crippen LogP contribution in [0.5, 0.6) is 0 Å². The van der Waals surface area contributed by atoms with Crippen molar-refractivity contribution in [3.05, 3.63) is 64.5 Å². The molecule has 0 unspecified atom stereocenters. The molecule has 3 rings (SSSR count). The molecule has 124 valence electrons.